The zero-order valence-corrected chi connectivity index (χ0v) is 26.4. The summed E-state index contributed by atoms with van der Waals surface area (Å²) in [6.07, 6.45) is 7.77. The van der Waals surface area contributed by atoms with Gasteiger partial charge in [-0.15, -0.1) is 4.72 Å². The zero-order valence-electron chi connectivity index (χ0n) is 24.0. The van der Waals surface area contributed by atoms with Crippen molar-refractivity contribution in [1.82, 2.24) is 24.0 Å². The van der Waals surface area contributed by atoms with Crippen LogP contribution in [0.2, 0.25) is 10.0 Å². The Balaban J connectivity index is 1.26. The van der Waals surface area contributed by atoms with Crippen LogP contribution in [0.1, 0.15) is 52.1 Å². The van der Waals surface area contributed by atoms with Gasteiger partial charge in [0.1, 0.15) is 10.4 Å². The number of imidazole rings is 1. The molecule has 2 aromatic heterocycles. The molecule has 2 saturated heterocycles. The first-order valence-corrected chi connectivity index (χ1v) is 16.3. The van der Waals surface area contributed by atoms with Gasteiger partial charge >= 0.3 is 0 Å². The Morgan fingerprint density at radius 1 is 1.20 bits per heavy atom. The van der Waals surface area contributed by atoms with Crippen LogP contribution >= 0.6 is 23.2 Å². The van der Waals surface area contributed by atoms with Crippen molar-refractivity contribution in [3.63, 3.8) is 0 Å². The van der Waals surface area contributed by atoms with Crippen LogP contribution < -0.4 is 9.62 Å². The Bertz CT molecular complexity index is 1480. The molecule has 3 aromatic rings. The third kappa shape index (κ3) is 5.21. The fourth-order valence-electron chi connectivity index (χ4n) is 6.88. The van der Waals surface area contributed by atoms with Crippen LogP contribution in [0.4, 0.5) is 5.95 Å². The number of aryl methyl sites for hydroxylation is 1. The summed E-state index contributed by atoms with van der Waals surface area (Å²) in [6, 6.07) is 8.64. The number of fused-ring (bicyclic) bond motifs is 1. The Morgan fingerprint density at radius 3 is 2.61 bits per heavy atom. The third-order valence-corrected chi connectivity index (χ3v) is 11.7. The quantitative estimate of drug-likeness (QED) is 0.372. The van der Waals surface area contributed by atoms with Gasteiger partial charge in [0.05, 0.1) is 33.8 Å². The van der Waals surface area contributed by atoms with E-state index >= 15 is 0 Å². The minimum Gasteiger partial charge on any atom is -0.598 e. The van der Waals surface area contributed by atoms with Crippen molar-refractivity contribution in [3.05, 3.63) is 46.3 Å². The molecule has 3 aliphatic rings. The lowest BCUT2D eigenvalue weighted by atomic mass is 9.74. The summed E-state index contributed by atoms with van der Waals surface area (Å²) in [5.74, 6) is 1.02. The number of aromatic nitrogens is 3. The SMILES string of the molecule is Cc1nc(N2CCC3(CC2)CC(N2CC(C#N)C2)C[C@H]3N[S+]([O-])C(C)(C)C)n2ccnc2c1-c1cccc(Cl)c1Cl. The van der Waals surface area contributed by atoms with Gasteiger partial charge < -0.3 is 9.45 Å². The first-order valence-electron chi connectivity index (χ1n) is 14.4. The van der Waals surface area contributed by atoms with E-state index in [1.165, 1.54) is 0 Å². The van der Waals surface area contributed by atoms with Crippen LogP contribution in [0.5, 0.6) is 0 Å². The fraction of sp³-hybridized carbons (Fsp3) is 0.567. The van der Waals surface area contributed by atoms with Crippen LogP contribution in [0.25, 0.3) is 16.8 Å². The normalized spacial score (nSPS) is 24.1. The van der Waals surface area contributed by atoms with Crippen molar-refractivity contribution in [2.45, 2.75) is 70.2 Å². The number of nitrogens with zero attached hydrogens (tertiary/aromatic N) is 6. The molecule has 2 unspecified atom stereocenters. The van der Waals surface area contributed by atoms with Crippen molar-refractivity contribution in [2.75, 3.05) is 31.1 Å². The van der Waals surface area contributed by atoms with Gasteiger partial charge in [0.2, 0.25) is 5.95 Å². The summed E-state index contributed by atoms with van der Waals surface area (Å²) in [7, 11) is 0. The van der Waals surface area contributed by atoms with Crippen LogP contribution in [-0.2, 0) is 11.4 Å². The molecule has 11 heteroatoms. The van der Waals surface area contributed by atoms with Gasteiger partial charge in [0, 0.05) is 67.1 Å². The summed E-state index contributed by atoms with van der Waals surface area (Å²) in [6.45, 7) is 11.5. The summed E-state index contributed by atoms with van der Waals surface area (Å²) in [5.41, 5.74) is 3.43. The highest BCUT2D eigenvalue weighted by Gasteiger charge is 2.53. The van der Waals surface area contributed by atoms with Crippen molar-refractivity contribution in [3.8, 4) is 17.2 Å². The molecule has 1 saturated carbocycles. The van der Waals surface area contributed by atoms with Crippen LogP contribution in [0, 0.1) is 29.6 Å². The molecule has 3 fully saturated rings. The predicted molar refractivity (Wildman–Crippen MR) is 166 cm³/mol. The van der Waals surface area contributed by atoms with Crippen molar-refractivity contribution < 1.29 is 4.55 Å². The van der Waals surface area contributed by atoms with Gasteiger partial charge in [-0.25, -0.2) is 9.97 Å². The van der Waals surface area contributed by atoms with Gasteiger partial charge in [-0.1, -0.05) is 35.3 Å². The number of benzene rings is 1. The predicted octanol–water partition coefficient (Wildman–Crippen LogP) is 5.64. The Morgan fingerprint density at radius 2 is 1.93 bits per heavy atom. The van der Waals surface area contributed by atoms with Gasteiger partial charge in [0.15, 0.2) is 0 Å². The highest BCUT2D eigenvalue weighted by atomic mass is 35.5. The number of halogens is 2. The number of nitrogens with one attached hydrogen (secondary N) is 1. The van der Waals surface area contributed by atoms with E-state index in [2.05, 4.69) is 25.0 Å². The minimum absolute atomic E-state index is 0.0527. The topological polar surface area (TPSA) is 95.5 Å². The summed E-state index contributed by atoms with van der Waals surface area (Å²) >= 11 is 11.8. The van der Waals surface area contributed by atoms with Gasteiger partial charge in [-0.3, -0.25) is 9.30 Å². The first-order chi connectivity index (χ1) is 19.5. The molecule has 1 aromatic carbocycles. The molecule has 1 aliphatic carbocycles. The standard InChI is InChI=1S/C30H37Cl2N7OS/c1-19-25(22-6-5-7-23(31)26(22)32)27-34-10-13-39(27)28(35-19)37-11-8-30(9-12-37)15-21(38-17-20(16-33)18-38)14-24(30)36-41(40)29(2,3)4/h5-7,10,13,20-21,24,36H,8-9,11-12,14-15,17-18H2,1-4H3/t21?,24-,41?/m1/s1. The molecule has 2 aliphatic heterocycles. The lowest BCUT2D eigenvalue weighted by molar-refractivity contribution is 0.0721. The van der Waals surface area contributed by atoms with Gasteiger partial charge in [0.25, 0.3) is 0 Å². The molecule has 218 valence electrons. The molecule has 1 N–H and O–H groups in total. The van der Waals surface area contributed by atoms with E-state index in [0.29, 0.717) is 16.1 Å². The maximum absolute atomic E-state index is 13.2. The molecule has 0 amide bonds. The second-order valence-electron chi connectivity index (χ2n) is 12.9. The Kier molecular flexibility index (Phi) is 7.71. The zero-order chi connectivity index (χ0) is 29.1. The van der Waals surface area contributed by atoms with E-state index in [1.807, 2.05) is 46.0 Å². The van der Waals surface area contributed by atoms with Crippen molar-refractivity contribution in [2.24, 2.45) is 11.3 Å². The molecule has 4 heterocycles. The maximum atomic E-state index is 13.2. The number of nitriles is 1. The van der Waals surface area contributed by atoms with Crippen LogP contribution in [-0.4, -0.2) is 66.8 Å². The molecule has 0 bridgehead atoms. The largest absolute Gasteiger partial charge is 0.598 e. The smallest absolute Gasteiger partial charge is 0.211 e. The highest BCUT2D eigenvalue weighted by molar-refractivity contribution is 7.90. The van der Waals surface area contributed by atoms with E-state index < -0.39 is 11.4 Å². The molecular weight excluding hydrogens is 577 g/mol. The molecule has 41 heavy (non-hydrogen) atoms. The Labute approximate surface area is 255 Å². The maximum Gasteiger partial charge on any atom is 0.211 e. The number of hydrogen-bond acceptors (Lipinski definition) is 7. The van der Waals surface area contributed by atoms with E-state index in [1.54, 1.807) is 12.3 Å². The monoisotopic (exact) mass is 613 g/mol. The highest BCUT2D eigenvalue weighted by Crippen LogP contribution is 2.50. The summed E-state index contributed by atoms with van der Waals surface area (Å²) in [4.78, 5) is 14.6. The Hall–Kier alpha value is -2.06. The fourth-order valence-corrected chi connectivity index (χ4v) is 8.23. The molecule has 6 rings (SSSR count). The second kappa shape index (κ2) is 10.9. The lowest BCUT2D eigenvalue weighted by Gasteiger charge is -2.44. The van der Waals surface area contributed by atoms with Gasteiger partial charge in [-0.2, -0.15) is 5.26 Å². The van der Waals surface area contributed by atoms with E-state index in [4.69, 9.17) is 33.2 Å². The van der Waals surface area contributed by atoms with E-state index in [-0.39, 0.29) is 22.1 Å². The number of anilines is 1. The summed E-state index contributed by atoms with van der Waals surface area (Å²) < 4.78 is 18.5. The van der Waals surface area contributed by atoms with Crippen LogP contribution in [0.3, 0.4) is 0 Å². The van der Waals surface area contributed by atoms with Crippen molar-refractivity contribution in [1.29, 1.82) is 5.26 Å². The molecule has 0 radical (unpaired) electrons. The second-order valence-corrected chi connectivity index (χ2v) is 15.7. The van der Waals surface area contributed by atoms with Gasteiger partial charge in [-0.05, 0) is 64.9 Å². The number of hydrogen-bond donors (Lipinski definition) is 1. The summed E-state index contributed by atoms with van der Waals surface area (Å²) in [5, 5.41) is 10.3. The average molecular weight is 615 g/mol. The molecule has 8 nitrogen and oxygen atoms in total. The van der Waals surface area contributed by atoms with E-state index in [9.17, 15) is 9.81 Å². The minimum atomic E-state index is -1.14. The molecular formula is C30H37Cl2N7OS. The number of piperidine rings is 1. The number of likely N-dealkylation sites (tertiary alicyclic amines) is 1. The first kappa shape index (κ1) is 29.0. The molecule has 1 spiro atoms. The van der Waals surface area contributed by atoms with Crippen LogP contribution in [0.15, 0.2) is 30.6 Å². The third-order valence-electron chi connectivity index (χ3n) is 9.28. The number of rotatable bonds is 5. The van der Waals surface area contributed by atoms with E-state index in [0.717, 1.165) is 80.3 Å². The lowest BCUT2D eigenvalue weighted by Crippen LogP contribution is -2.53. The van der Waals surface area contributed by atoms with Crippen molar-refractivity contribution >= 4 is 46.2 Å². The molecule has 3 atom stereocenters. The average Bonchev–Trinajstić information content (AvgIpc) is 3.51.